The average molecular weight is 726 g/mol. The van der Waals surface area contributed by atoms with E-state index in [9.17, 15) is 19.2 Å². The summed E-state index contributed by atoms with van der Waals surface area (Å²) in [6, 6.07) is 14.8. The van der Waals surface area contributed by atoms with Crippen LogP contribution in [0.3, 0.4) is 0 Å². The first kappa shape index (κ1) is 48.8. The SMILES string of the molecule is C=CCOCCC(NC(=O)C([CH2-])(C)C)C(=O)O.CC(CC/C=C/C(=O)NC[C-]=O)OC(C)c1ccccc1.COc1ccc(C)cc1Cl.[K+]. The van der Waals surface area contributed by atoms with Crippen LogP contribution in [0.5, 0.6) is 5.75 Å². The Kier molecular flexibility index (Phi) is 28.2. The van der Waals surface area contributed by atoms with Crippen LogP contribution in [-0.2, 0) is 28.7 Å². The molecule has 2 amide bonds. The summed E-state index contributed by atoms with van der Waals surface area (Å²) in [5, 5.41) is 14.4. The molecule has 0 fully saturated rings. The summed E-state index contributed by atoms with van der Waals surface area (Å²) >= 11 is 5.80. The van der Waals surface area contributed by atoms with E-state index >= 15 is 0 Å². The maximum Gasteiger partial charge on any atom is 1.00 e. The van der Waals surface area contributed by atoms with Crippen molar-refractivity contribution in [2.24, 2.45) is 5.41 Å². The molecule has 0 spiro atoms. The fourth-order valence-corrected chi connectivity index (χ4v) is 3.99. The van der Waals surface area contributed by atoms with Crippen molar-refractivity contribution in [1.82, 2.24) is 10.6 Å². The first-order valence-electron chi connectivity index (χ1n) is 15.5. The van der Waals surface area contributed by atoms with Gasteiger partial charge in [-0.15, -0.1) is 6.58 Å². The van der Waals surface area contributed by atoms with E-state index in [0.29, 0.717) is 11.6 Å². The van der Waals surface area contributed by atoms with E-state index in [2.05, 4.69) is 24.1 Å². The number of nitrogens with one attached hydrogen (secondary N) is 2. The third kappa shape index (κ3) is 24.4. The molecule has 0 bridgehead atoms. The number of carbonyl (C=O) groups is 3. The van der Waals surface area contributed by atoms with Crippen LogP contribution >= 0.6 is 11.6 Å². The van der Waals surface area contributed by atoms with Gasteiger partial charge in [0.25, 0.3) is 0 Å². The largest absolute Gasteiger partial charge is 1.00 e. The zero-order valence-corrected chi connectivity index (χ0v) is 33.8. The number of carbonyl (C=O) groups excluding carboxylic acids is 3. The number of hydrogen-bond acceptors (Lipinski definition) is 7. The third-order valence-electron chi connectivity index (χ3n) is 6.36. The van der Waals surface area contributed by atoms with E-state index in [1.54, 1.807) is 39.4 Å². The van der Waals surface area contributed by atoms with Crippen LogP contribution in [-0.4, -0.2) is 68.2 Å². The van der Waals surface area contributed by atoms with Crippen molar-refractivity contribution >= 4 is 35.7 Å². The van der Waals surface area contributed by atoms with Gasteiger partial charge in [-0.25, -0.2) is 11.1 Å². The zero-order chi connectivity index (χ0) is 36.5. The van der Waals surface area contributed by atoms with Crippen molar-refractivity contribution in [3.8, 4) is 5.75 Å². The molecule has 2 aromatic rings. The predicted octanol–water partition coefficient (Wildman–Crippen LogP) is 3.38. The minimum absolute atomic E-state index is 0. The quantitative estimate of drug-likeness (QED) is 0.0699. The summed E-state index contributed by atoms with van der Waals surface area (Å²) in [6.45, 7) is 16.9. The van der Waals surface area contributed by atoms with Gasteiger partial charge < -0.3 is 41.7 Å². The van der Waals surface area contributed by atoms with Crippen molar-refractivity contribution in [2.75, 3.05) is 26.9 Å². The Balaban J connectivity index is 0. The third-order valence-corrected chi connectivity index (χ3v) is 6.66. The number of allylic oxidation sites excluding steroid dienone is 1. The predicted molar refractivity (Wildman–Crippen MR) is 190 cm³/mol. The number of halogens is 1. The summed E-state index contributed by atoms with van der Waals surface area (Å²) < 4.78 is 16.0. The molecule has 0 saturated carbocycles. The number of ether oxygens (including phenoxy) is 3. The Morgan fingerprint density at radius 2 is 1.78 bits per heavy atom. The fourth-order valence-electron chi connectivity index (χ4n) is 3.67. The van der Waals surface area contributed by atoms with E-state index < -0.39 is 23.3 Å². The Bertz CT molecular complexity index is 1280. The maximum atomic E-state index is 11.6. The molecule has 0 saturated heterocycles. The van der Waals surface area contributed by atoms with E-state index in [-0.39, 0.29) is 89.1 Å². The van der Waals surface area contributed by atoms with Crippen molar-refractivity contribution in [3.05, 3.63) is 96.4 Å². The smallest absolute Gasteiger partial charge is 0.540 e. The van der Waals surface area contributed by atoms with Crippen molar-refractivity contribution in [3.63, 3.8) is 0 Å². The second kappa shape index (κ2) is 28.4. The molecule has 2 rings (SSSR count). The molecule has 49 heavy (non-hydrogen) atoms. The van der Waals surface area contributed by atoms with Gasteiger partial charge in [0.1, 0.15) is 11.8 Å². The fraction of sp³-hybridized carbons (Fsp3) is 0.432. The summed E-state index contributed by atoms with van der Waals surface area (Å²) in [4.78, 5) is 43.7. The minimum Gasteiger partial charge on any atom is -0.540 e. The molecule has 3 atom stereocenters. The number of aryl methyl sites for hydroxylation is 1. The van der Waals surface area contributed by atoms with E-state index in [4.69, 9.17) is 30.9 Å². The molecular formula is C37H51ClKN2O8-. The van der Waals surface area contributed by atoms with Crippen molar-refractivity contribution < 1.29 is 89.9 Å². The Labute approximate surface area is 339 Å². The Morgan fingerprint density at radius 3 is 2.31 bits per heavy atom. The first-order valence-corrected chi connectivity index (χ1v) is 15.9. The molecule has 0 aliphatic heterocycles. The maximum absolute atomic E-state index is 11.6. The van der Waals surface area contributed by atoms with E-state index in [1.807, 2.05) is 69.3 Å². The second-order valence-electron chi connectivity index (χ2n) is 11.4. The molecule has 3 N–H and O–H groups in total. The summed E-state index contributed by atoms with van der Waals surface area (Å²) in [5.74, 6) is -1.02. The topological polar surface area (TPSA) is 140 Å². The van der Waals surface area contributed by atoms with E-state index in [1.165, 1.54) is 6.08 Å². The normalized spacial score (nSPS) is 12.3. The minimum atomic E-state index is -1.08. The average Bonchev–Trinajstić information content (AvgIpc) is 3.04. The summed E-state index contributed by atoms with van der Waals surface area (Å²) in [7, 11) is 1.61. The Morgan fingerprint density at radius 1 is 1.12 bits per heavy atom. The number of carboxylic acid groups (broad SMARTS) is 1. The number of methoxy groups -OCH3 is 1. The van der Waals surface area contributed by atoms with Gasteiger partial charge in [-0.2, -0.15) is 0 Å². The van der Waals surface area contributed by atoms with Gasteiger partial charge in [0, 0.05) is 13.0 Å². The van der Waals surface area contributed by atoms with Gasteiger partial charge in [0.15, 0.2) is 5.91 Å². The molecular weight excluding hydrogens is 675 g/mol. The van der Waals surface area contributed by atoms with Gasteiger partial charge in [-0.3, -0.25) is 9.59 Å². The van der Waals surface area contributed by atoms with Crippen LogP contribution in [0.1, 0.15) is 64.2 Å². The van der Waals surface area contributed by atoms with Crippen LogP contribution in [0.25, 0.3) is 0 Å². The number of benzene rings is 2. The molecule has 3 unspecified atom stereocenters. The van der Waals surface area contributed by atoms with E-state index in [0.717, 1.165) is 29.7 Å². The summed E-state index contributed by atoms with van der Waals surface area (Å²) in [6.07, 6.45) is 8.36. The molecule has 0 aliphatic carbocycles. The number of rotatable bonds is 18. The van der Waals surface area contributed by atoms with Crippen LogP contribution in [0.4, 0.5) is 0 Å². The molecule has 0 heterocycles. The molecule has 10 nitrogen and oxygen atoms in total. The van der Waals surface area contributed by atoms with Crippen molar-refractivity contribution in [1.29, 1.82) is 0 Å². The number of amides is 2. The van der Waals surface area contributed by atoms with Gasteiger partial charge in [0.05, 0.1) is 30.9 Å². The molecule has 0 aliphatic rings. The first-order chi connectivity index (χ1) is 22.7. The zero-order valence-electron chi connectivity index (χ0n) is 29.9. The monoisotopic (exact) mass is 725 g/mol. The molecule has 266 valence electrons. The Hall–Kier alpha value is -2.35. The van der Waals surface area contributed by atoms with Crippen molar-refractivity contribution in [2.45, 2.75) is 72.1 Å². The standard InChI is InChI=1S/C17H22NO3.C12H20NO4.C8H9ClO.K/c1-14(8-6-7-11-17(20)18-12-13-19)21-15(2)16-9-4-3-5-10-16;1-5-7-17-8-6-9(10(14)15)13-11(16)12(2,3)4;1-6-3-4-8(10-2)7(9)5-6;/h3-5,7,9-11,14-15H,6,8,12H2,1-2H3,(H,18,20);5,9H,1-2,6-8H2,3-4H3,(H,13,16)(H,14,15);3-5H,1-2H3;/q2*-1;;+1/b11-7+;;;. The molecule has 2 aromatic carbocycles. The van der Waals surface area contributed by atoms with Gasteiger partial charge in [0.2, 0.25) is 5.91 Å². The van der Waals surface area contributed by atoms with Gasteiger partial charge in [-0.1, -0.05) is 86.0 Å². The number of carboxylic acids is 1. The van der Waals surface area contributed by atoms with Crippen LogP contribution in [0, 0.1) is 19.3 Å². The van der Waals surface area contributed by atoms with Crippen LogP contribution in [0.2, 0.25) is 5.02 Å². The van der Waals surface area contributed by atoms with Gasteiger partial charge in [-0.05, 0) is 62.9 Å². The second-order valence-corrected chi connectivity index (χ2v) is 11.8. The molecule has 12 heteroatoms. The van der Waals surface area contributed by atoms with Crippen LogP contribution < -0.4 is 66.8 Å². The number of aliphatic carboxylic acids is 1. The molecule has 0 aromatic heterocycles. The van der Waals surface area contributed by atoms with Gasteiger partial charge >= 0.3 is 57.4 Å². The number of hydrogen-bond donors (Lipinski definition) is 3. The van der Waals surface area contributed by atoms with Crippen LogP contribution in [0.15, 0.2) is 73.3 Å². The summed E-state index contributed by atoms with van der Waals surface area (Å²) in [5.41, 5.74) is 1.45. The molecule has 0 radical (unpaired) electrons.